The summed E-state index contributed by atoms with van der Waals surface area (Å²) in [4.78, 5) is 6.09. The number of pyridine rings is 1. The van der Waals surface area contributed by atoms with Crippen molar-refractivity contribution in [3.05, 3.63) is 24.5 Å². The van der Waals surface area contributed by atoms with Crippen LogP contribution in [0.15, 0.2) is 24.5 Å². The summed E-state index contributed by atoms with van der Waals surface area (Å²) < 4.78 is 0. The van der Waals surface area contributed by atoms with E-state index in [0.29, 0.717) is 0 Å². The third kappa shape index (κ3) is 2.42. The van der Waals surface area contributed by atoms with E-state index in [9.17, 15) is 0 Å². The number of hydrogen-bond donors (Lipinski definition) is 1. The number of nitrogens with zero attached hydrogens (tertiary/aromatic N) is 2. The second kappa shape index (κ2) is 4.23. The first-order valence-electron chi connectivity index (χ1n) is 3.56. The van der Waals surface area contributed by atoms with Gasteiger partial charge in [-0.1, -0.05) is 0 Å². The molecule has 1 aromatic heterocycles. The van der Waals surface area contributed by atoms with Gasteiger partial charge in [0, 0.05) is 37.4 Å². The van der Waals surface area contributed by atoms with Crippen molar-refractivity contribution in [2.75, 3.05) is 24.2 Å². The van der Waals surface area contributed by atoms with Gasteiger partial charge >= 0.3 is 0 Å². The Morgan fingerprint density at radius 2 is 2.09 bits per heavy atom. The molecule has 0 aromatic carbocycles. The Balaban J connectivity index is 2.61. The molecule has 0 atom stereocenters. The minimum absolute atomic E-state index is 0.874. The van der Waals surface area contributed by atoms with Crippen LogP contribution >= 0.6 is 12.6 Å². The first kappa shape index (κ1) is 8.40. The van der Waals surface area contributed by atoms with Gasteiger partial charge in [-0.05, 0) is 12.1 Å². The largest absolute Gasteiger partial charge is 0.374 e. The fourth-order valence-electron chi connectivity index (χ4n) is 0.878. The zero-order valence-corrected chi connectivity index (χ0v) is 7.46. The van der Waals surface area contributed by atoms with E-state index in [1.807, 2.05) is 19.2 Å². The smallest absolute Gasteiger partial charge is 0.0394 e. The van der Waals surface area contributed by atoms with Crippen LogP contribution in [0, 0.1) is 0 Å². The molecule has 0 N–H and O–H groups in total. The van der Waals surface area contributed by atoms with Crippen LogP contribution < -0.4 is 4.90 Å². The van der Waals surface area contributed by atoms with E-state index >= 15 is 0 Å². The number of rotatable bonds is 3. The second-order valence-electron chi connectivity index (χ2n) is 2.35. The minimum Gasteiger partial charge on any atom is -0.374 e. The quantitative estimate of drug-likeness (QED) is 0.688. The molecule has 1 aromatic rings. The SMILES string of the molecule is CN(CCS)c1ccncc1. The van der Waals surface area contributed by atoms with Crippen molar-refractivity contribution in [2.24, 2.45) is 0 Å². The molecule has 1 rings (SSSR count). The Hall–Kier alpha value is -0.700. The van der Waals surface area contributed by atoms with Gasteiger partial charge in [0.2, 0.25) is 0 Å². The van der Waals surface area contributed by atoms with Gasteiger partial charge in [0.05, 0.1) is 0 Å². The fraction of sp³-hybridized carbons (Fsp3) is 0.375. The first-order valence-corrected chi connectivity index (χ1v) is 4.20. The number of aromatic nitrogens is 1. The van der Waals surface area contributed by atoms with Gasteiger partial charge in [-0.15, -0.1) is 0 Å². The maximum atomic E-state index is 4.15. The Morgan fingerprint density at radius 3 is 2.64 bits per heavy atom. The number of anilines is 1. The van der Waals surface area contributed by atoms with Crippen LogP contribution in [-0.4, -0.2) is 24.3 Å². The standard InChI is InChI=1S/C8H12N2S/c1-10(6-7-11)8-2-4-9-5-3-8/h2-5,11H,6-7H2,1H3. The molecule has 0 bridgehead atoms. The van der Waals surface area contributed by atoms with Crippen LogP contribution in [0.4, 0.5) is 5.69 Å². The zero-order valence-electron chi connectivity index (χ0n) is 6.57. The Kier molecular flexibility index (Phi) is 3.23. The Labute approximate surface area is 72.7 Å². The summed E-state index contributed by atoms with van der Waals surface area (Å²) in [5, 5.41) is 0. The summed E-state index contributed by atoms with van der Waals surface area (Å²) in [6, 6.07) is 3.98. The lowest BCUT2D eigenvalue weighted by Crippen LogP contribution is -2.19. The van der Waals surface area contributed by atoms with Crippen molar-refractivity contribution >= 4 is 18.3 Å². The molecule has 0 fully saturated rings. The van der Waals surface area contributed by atoms with Crippen LogP contribution in [0.2, 0.25) is 0 Å². The van der Waals surface area contributed by atoms with Gasteiger partial charge in [-0.25, -0.2) is 0 Å². The van der Waals surface area contributed by atoms with Gasteiger partial charge in [0.1, 0.15) is 0 Å². The molecule has 0 amide bonds. The van der Waals surface area contributed by atoms with E-state index in [1.54, 1.807) is 12.4 Å². The number of hydrogen-bond acceptors (Lipinski definition) is 3. The summed E-state index contributed by atoms with van der Waals surface area (Å²) in [6.45, 7) is 0.965. The average Bonchev–Trinajstić information content (AvgIpc) is 2.07. The molecule has 0 aliphatic rings. The molecule has 2 nitrogen and oxygen atoms in total. The summed E-state index contributed by atoms with van der Waals surface area (Å²) in [5.41, 5.74) is 1.19. The zero-order chi connectivity index (χ0) is 8.10. The van der Waals surface area contributed by atoms with Crippen molar-refractivity contribution in [1.82, 2.24) is 4.98 Å². The van der Waals surface area contributed by atoms with Gasteiger partial charge in [0.25, 0.3) is 0 Å². The van der Waals surface area contributed by atoms with Gasteiger partial charge in [0.15, 0.2) is 0 Å². The Bertz CT molecular complexity index is 201. The molecule has 0 aliphatic carbocycles. The van der Waals surface area contributed by atoms with Crippen LogP contribution in [0.5, 0.6) is 0 Å². The van der Waals surface area contributed by atoms with E-state index in [0.717, 1.165) is 12.3 Å². The van der Waals surface area contributed by atoms with Crippen molar-refractivity contribution < 1.29 is 0 Å². The highest BCUT2D eigenvalue weighted by atomic mass is 32.1. The molecule has 0 spiro atoms. The highest BCUT2D eigenvalue weighted by Gasteiger charge is 1.95. The van der Waals surface area contributed by atoms with Crippen molar-refractivity contribution in [2.45, 2.75) is 0 Å². The van der Waals surface area contributed by atoms with Crippen LogP contribution in [0.25, 0.3) is 0 Å². The number of thiol groups is 1. The second-order valence-corrected chi connectivity index (χ2v) is 2.80. The van der Waals surface area contributed by atoms with E-state index in [1.165, 1.54) is 5.69 Å². The summed E-state index contributed by atoms with van der Waals surface area (Å²) in [5.74, 6) is 0.874. The predicted molar refractivity (Wildman–Crippen MR) is 51.4 cm³/mol. The highest BCUT2D eigenvalue weighted by molar-refractivity contribution is 7.80. The molecule has 3 heteroatoms. The van der Waals surface area contributed by atoms with Crippen molar-refractivity contribution in [1.29, 1.82) is 0 Å². The third-order valence-electron chi connectivity index (χ3n) is 1.54. The Morgan fingerprint density at radius 1 is 1.45 bits per heavy atom. The third-order valence-corrected chi connectivity index (χ3v) is 1.74. The molecule has 0 unspecified atom stereocenters. The summed E-state index contributed by atoms with van der Waals surface area (Å²) in [6.07, 6.45) is 3.59. The normalized spacial score (nSPS) is 9.64. The van der Waals surface area contributed by atoms with Crippen LogP contribution in [-0.2, 0) is 0 Å². The van der Waals surface area contributed by atoms with Crippen LogP contribution in [0.1, 0.15) is 0 Å². The van der Waals surface area contributed by atoms with E-state index in [2.05, 4.69) is 22.5 Å². The molecule has 1 heterocycles. The van der Waals surface area contributed by atoms with E-state index in [-0.39, 0.29) is 0 Å². The van der Waals surface area contributed by atoms with Gasteiger partial charge in [-0.3, -0.25) is 4.98 Å². The molecular weight excluding hydrogens is 156 g/mol. The molecule has 0 radical (unpaired) electrons. The topological polar surface area (TPSA) is 16.1 Å². The lowest BCUT2D eigenvalue weighted by atomic mass is 10.4. The highest BCUT2D eigenvalue weighted by Crippen LogP contribution is 2.08. The van der Waals surface area contributed by atoms with E-state index < -0.39 is 0 Å². The lowest BCUT2D eigenvalue weighted by molar-refractivity contribution is 0.976. The summed E-state index contributed by atoms with van der Waals surface area (Å²) in [7, 11) is 2.05. The maximum Gasteiger partial charge on any atom is 0.0394 e. The summed E-state index contributed by atoms with van der Waals surface area (Å²) >= 11 is 4.15. The predicted octanol–water partition coefficient (Wildman–Crippen LogP) is 1.45. The van der Waals surface area contributed by atoms with Crippen molar-refractivity contribution in [3.63, 3.8) is 0 Å². The molecular formula is C8H12N2S. The molecule has 0 saturated carbocycles. The molecule has 60 valence electrons. The van der Waals surface area contributed by atoms with Gasteiger partial charge < -0.3 is 4.90 Å². The lowest BCUT2D eigenvalue weighted by Gasteiger charge is -2.16. The molecule has 11 heavy (non-hydrogen) atoms. The molecule has 0 aliphatic heterocycles. The fourth-order valence-corrected chi connectivity index (χ4v) is 1.18. The first-order chi connectivity index (χ1) is 5.34. The van der Waals surface area contributed by atoms with Gasteiger partial charge in [-0.2, -0.15) is 12.6 Å². The van der Waals surface area contributed by atoms with Crippen molar-refractivity contribution in [3.8, 4) is 0 Å². The monoisotopic (exact) mass is 168 g/mol. The molecule has 0 saturated heterocycles. The van der Waals surface area contributed by atoms with Crippen LogP contribution in [0.3, 0.4) is 0 Å². The average molecular weight is 168 g/mol. The van der Waals surface area contributed by atoms with E-state index in [4.69, 9.17) is 0 Å². The minimum atomic E-state index is 0.874. The maximum absolute atomic E-state index is 4.15.